The molecule has 1 atom stereocenters. The first kappa shape index (κ1) is 21.4. The molecular formula is C21H21N5O3S2. The molecule has 0 aliphatic carbocycles. The second-order valence-corrected chi connectivity index (χ2v) is 9.12. The number of thioether (sulfide) groups is 1. The maximum Gasteiger partial charge on any atom is 0.350 e. The van der Waals surface area contributed by atoms with Crippen LogP contribution in [-0.2, 0) is 16.0 Å². The third-order valence-corrected chi connectivity index (χ3v) is 7.11. The fourth-order valence-corrected chi connectivity index (χ4v) is 5.07. The molecule has 1 N–H and O–H groups in total. The first-order valence-electron chi connectivity index (χ1n) is 9.94. The number of esters is 1. The molecule has 0 saturated carbocycles. The standard InChI is InChI=1S/C21H21N5O3S2/c1-4-15(14(27)10-16-22-11(3)18(31-16)20(28)29-5-2)30-21-24-19-17(25-26-21)12-8-6-7-9-13(12)23-19/h6-9,15H,4-5,10H2,1-3H3,(H,23,24,26). The highest BCUT2D eigenvalue weighted by Crippen LogP contribution is 2.28. The zero-order valence-electron chi connectivity index (χ0n) is 17.3. The molecule has 3 aromatic heterocycles. The average Bonchev–Trinajstić information content (AvgIpc) is 3.31. The number of ether oxygens (including phenoxy) is 1. The Balaban J connectivity index is 1.50. The molecular weight excluding hydrogens is 434 g/mol. The molecule has 0 bridgehead atoms. The molecule has 0 fully saturated rings. The number of carbonyl (C=O) groups excluding carboxylic acids is 2. The molecule has 0 saturated heterocycles. The van der Waals surface area contributed by atoms with Gasteiger partial charge in [0.05, 0.1) is 24.0 Å². The van der Waals surface area contributed by atoms with E-state index >= 15 is 0 Å². The zero-order valence-corrected chi connectivity index (χ0v) is 19.0. The van der Waals surface area contributed by atoms with Gasteiger partial charge in [0.2, 0.25) is 5.16 Å². The maximum absolute atomic E-state index is 12.9. The van der Waals surface area contributed by atoms with E-state index in [0.29, 0.717) is 44.9 Å². The summed E-state index contributed by atoms with van der Waals surface area (Å²) in [6, 6.07) is 7.82. The number of para-hydroxylation sites is 1. The van der Waals surface area contributed by atoms with E-state index in [2.05, 4.69) is 25.1 Å². The van der Waals surface area contributed by atoms with E-state index in [1.165, 1.54) is 23.1 Å². The van der Waals surface area contributed by atoms with Gasteiger partial charge in [-0.1, -0.05) is 36.9 Å². The number of hydrogen-bond acceptors (Lipinski definition) is 9. The number of carbonyl (C=O) groups is 2. The van der Waals surface area contributed by atoms with E-state index in [1.54, 1.807) is 13.8 Å². The van der Waals surface area contributed by atoms with Crippen LogP contribution in [0.5, 0.6) is 0 Å². The first-order valence-corrected chi connectivity index (χ1v) is 11.6. The number of aromatic amines is 1. The number of benzene rings is 1. The number of H-pyrrole nitrogens is 1. The average molecular weight is 456 g/mol. The molecule has 0 radical (unpaired) electrons. The number of aromatic nitrogens is 5. The van der Waals surface area contributed by atoms with E-state index < -0.39 is 5.97 Å². The Hall–Kier alpha value is -2.85. The number of rotatable bonds is 8. The summed E-state index contributed by atoms with van der Waals surface area (Å²) in [7, 11) is 0. The Labute approximate surface area is 186 Å². The molecule has 4 rings (SSSR count). The van der Waals surface area contributed by atoms with Crippen molar-refractivity contribution >= 4 is 56.9 Å². The van der Waals surface area contributed by atoms with E-state index in [4.69, 9.17) is 4.74 Å². The quantitative estimate of drug-likeness (QED) is 0.312. The topological polar surface area (TPSA) is 111 Å². The van der Waals surface area contributed by atoms with Gasteiger partial charge in [-0.2, -0.15) is 0 Å². The number of nitrogens with one attached hydrogen (secondary N) is 1. The molecule has 1 unspecified atom stereocenters. The Morgan fingerprint density at radius 3 is 2.77 bits per heavy atom. The summed E-state index contributed by atoms with van der Waals surface area (Å²) >= 11 is 2.51. The van der Waals surface area contributed by atoms with Crippen molar-refractivity contribution in [1.29, 1.82) is 0 Å². The summed E-state index contributed by atoms with van der Waals surface area (Å²) in [5, 5.41) is 10.2. The monoisotopic (exact) mass is 455 g/mol. The second kappa shape index (κ2) is 9.11. The van der Waals surface area contributed by atoms with Crippen LogP contribution in [0.3, 0.4) is 0 Å². The number of fused-ring (bicyclic) bond motifs is 3. The lowest BCUT2D eigenvalue weighted by molar-refractivity contribution is -0.118. The Morgan fingerprint density at radius 2 is 2.00 bits per heavy atom. The van der Waals surface area contributed by atoms with Gasteiger partial charge in [0.25, 0.3) is 0 Å². The molecule has 3 heterocycles. The van der Waals surface area contributed by atoms with Gasteiger partial charge in [0.15, 0.2) is 11.4 Å². The van der Waals surface area contributed by atoms with Crippen molar-refractivity contribution in [3.63, 3.8) is 0 Å². The van der Waals surface area contributed by atoms with E-state index in [9.17, 15) is 9.59 Å². The second-order valence-electron chi connectivity index (χ2n) is 6.86. The summed E-state index contributed by atoms with van der Waals surface area (Å²) in [5.74, 6) is -0.388. The molecule has 10 heteroatoms. The third kappa shape index (κ3) is 4.45. The van der Waals surface area contributed by atoms with Crippen molar-refractivity contribution in [3.8, 4) is 0 Å². The predicted molar refractivity (Wildman–Crippen MR) is 121 cm³/mol. The Morgan fingerprint density at radius 1 is 1.19 bits per heavy atom. The van der Waals surface area contributed by atoms with Crippen molar-refractivity contribution in [2.45, 2.75) is 44.0 Å². The fraction of sp³-hybridized carbons (Fsp3) is 0.333. The van der Waals surface area contributed by atoms with Crippen LogP contribution in [0.4, 0.5) is 0 Å². The van der Waals surface area contributed by atoms with Gasteiger partial charge in [-0.15, -0.1) is 21.5 Å². The van der Waals surface area contributed by atoms with Crippen LogP contribution in [0.25, 0.3) is 22.1 Å². The number of Topliss-reactive ketones (excluding diaryl/α,β-unsaturated/α-hetero) is 1. The maximum atomic E-state index is 12.9. The summed E-state index contributed by atoms with van der Waals surface area (Å²) in [6.07, 6.45) is 0.769. The van der Waals surface area contributed by atoms with Crippen molar-refractivity contribution in [3.05, 3.63) is 39.8 Å². The van der Waals surface area contributed by atoms with Gasteiger partial charge >= 0.3 is 5.97 Å². The fourth-order valence-electron chi connectivity index (χ4n) is 3.24. The molecule has 8 nitrogen and oxygen atoms in total. The van der Waals surface area contributed by atoms with Crippen LogP contribution in [0, 0.1) is 6.92 Å². The Bertz CT molecular complexity index is 1270. The third-order valence-electron chi connectivity index (χ3n) is 4.71. The molecule has 4 aromatic rings. The van der Waals surface area contributed by atoms with Crippen molar-refractivity contribution < 1.29 is 14.3 Å². The van der Waals surface area contributed by atoms with Crippen LogP contribution >= 0.6 is 23.1 Å². The Kier molecular flexibility index (Phi) is 6.28. The van der Waals surface area contributed by atoms with Gasteiger partial charge in [0, 0.05) is 10.9 Å². The minimum absolute atomic E-state index is 0.0111. The van der Waals surface area contributed by atoms with Crippen LogP contribution in [0.2, 0.25) is 0 Å². The van der Waals surface area contributed by atoms with Crippen LogP contribution in [-0.4, -0.2) is 48.8 Å². The molecule has 0 aliphatic rings. The lowest BCUT2D eigenvalue weighted by Gasteiger charge is -2.10. The zero-order chi connectivity index (χ0) is 22.0. The van der Waals surface area contributed by atoms with Gasteiger partial charge < -0.3 is 9.72 Å². The van der Waals surface area contributed by atoms with Gasteiger partial charge in [-0.05, 0) is 26.3 Å². The molecule has 0 amide bonds. The molecule has 0 spiro atoms. The summed E-state index contributed by atoms with van der Waals surface area (Å²) in [6.45, 7) is 5.75. The predicted octanol–water partition coefficient (Wildman–Crippen LogP) is 4.13. The van der Waals surface area contributed by atoms with Gasteiger partial charge in [-0.25, -0.2) is 14.8 Å². The van der Waals surface area contributed by atoms with Crippen molar-refractivity contribution in [2.24, 2.45) is 0 Å². The van der Waals surface area contributed by atoms with Gasteiger partial charge in [0.1, 0.15) is 15.4 Å². The summed E-state index contributed by atoms with van der Waals surface area (Å²) < 4.78 is 5.05. The normalized spacial score (nSPS) is 12.4. The van der Waals surface area contributed by atoms with E-state index in [-0.39, 0.29) is 17.5 Å². The van der Waals surface area contributed by atoms with Crippen LogP contribution in [0.1, 0.15) is 40.6 Å². The molecule has 160 valence electrons. The summed E-state index contributed by atoms with van der Waals surface area (Å²) in [5.41, 5.74) is 2.89. The minimum Gasteiger partial charge on any atom is -0.462 e. The van der Waals surface area contributed by atoms with E-state index in [0.717, 1.165) is 10.9 Å². The van der Waals surface area contributed by atoms with Gasteiger partial charge in [-0.3, -0.25) is 4.79 Å². The smallest absolute Gasteiger partial charge is 0.350 e. The largest absolute Gasteiger partial charge is 0.462 e. The highest BCUT2D eigenvalue weighted by atomic mass is 32.2. The highest BCUT2D eigenvalue weighted by Gasteiger charge is 2.24. The number of hydrogen-bond donors (Lipinski definition) is 1. The van der Waals surface area contributed by atoms with Crippen LogP contribution in [0.15, 0.2) is 29.4 Å². The van der Waals surface area contributed by atoms with E-state index in [1.807, 2.05) is 31.2 Å². The number of thiazole rings is 1. The van der Waals surface area contributed by atoms with Crippen LogP contribution < -0.4 is 0 Å². The minimum atomic E-state index is -0.399. The molecule has 1 aromatic carbocycles. The SMILES string of the molecule is CCOC(=O)c1sc(CC(=O)C(CC)Sc2nnc3c(n2)[nH]c2ccccc23)nc1C. The number of nitrogens with zero attached hydrogens (tertiary/aromatic N) is 4. The van der Waals surface area contributed by atoms with Crippen molar-refractivity contribution in [1.82, 2.24) is 25.1 Å². The molecule has 0 aliphatic heterocycles. The number of aryl methyl sites for hydroxylation is 1. The molecule has 31 heavy (non-hydrogen) atoms. The van der Waals surface area contributed by atoms with Crippen molar-refractivity contribution in [2.75, 3.05) is 6.61 Å². The highest BCUT2D eigenvalue weighted by molar-refractivity contribution is 8.00. The number of ketones is 1. The lowest BCUT2D eigenvalue weighted by Crippen LogP contribution is -2.19. The lowest BCUT2D eigenvalue weighted by atomic mass is 10.2. The summed E-state index contributed by atoms with van der Waals surface area (Å²) in [4.78, 5) is 37.5. The first-order chi connectivity index (χ1) is 15.0.